The summed E-state index contributed by atoms with van der Waals surface area (Å²) in [6, 6.07) is -1.77. The number of aliphatic carboxylic acids is 1. The van der Waals surface area contributed by atoms with Crippen molar-refractivity contribution in [3.05, 3.63) is 0 Å². The van der Waals surface area contributed by atoms with Crippen molar-refractivity contribution < 1.29 is 28.9 Å². The monoisotopic (exact) mass is 275 g/mol. The van der Waals surface area contributed by atoms with Gasteiger partial charge in [0.05, 0.1) is 6.61 Å². The van der Waals surface area contributed by atoms with Crippen molar-refractivity contribution in [2.45, 2.75) is 39.0 Å². The molecule has 0 aliphatic carbocycles. The Morgan fingerprint density at radius 2 is 2.00 bits per heavy atom. The molecule has 0 aromatic carbocycles. The maximum atomic E-state index is 11.5. The highest BCUT2D eigenvalue weighted by Gasteiger charge is 2.41. The highest BCUT2D eigenvalue weighted by molar-refractivity contribution is 5.74. The molecule has 3 unspecified atom stereocenters. The number of hydrogen-bond acceptors (Lipinski definition) is 8. The first-order valence-corrected chi connectivity index (χ1v) is 5.71. The van der Waals surface area contributed by atoms with Gasteiger partial charge in [-0.3, -0.25) is 0 Å². The van der Waals surface area contributed by atoms with Crippen LogP contribution < -0.4 is 10.9 Å². The lowest BCUT2D eigenvalue weighted by atomic mass is 10.4. The molecule has 0 fully saturated rings. The van der Waals surface area contributed by atoms with Gasteiger partial charge in [-0.2, -0.15) is 10.4 Å². The summed E-state index contributed by atoms with van der Waals surface area (Å²) in [7, 11) is 0. The van der Waals surface area contributed by atoms with Crippen LogP contribution in [0.5, 0.6) is 0 Å². The van der Waals surface area contributed by atoms with E-state index in [4.69, 9.17) is 19.3 Å². The van der Waals surface area contributed by atoms with Gasteiger partial charge in [0, 0.05) is 0 Å². The fourth-order valence-corrected chi connectivity index (χ4v) is 1.26. The molecule has 9 nitrogen and oxygen atoms in total. The van der Waals surface area contributed by atoms with Crippen LogP contribution in [0.2, 0.25) is 0 Å². The Hall–Kier alpha value is -1.71. The van der Waals surface area contributed by atoms with Gasteiger partial charge >= 0.3 is 18.0 Å². The third kappa shape index (κ3) is 4.16. The van der Waals surface area contributed by atoms with Crippen molar-refractivity contribution in [3.63, 3.8) is 0 Å². The Bertz CT molecular complexity index is 374. The number of carboxylic acids is 1. The maximum Gasteiger partial charge on any atom is 0.355 e. The van der Waals surface area contributed by atoms with Crippen LogP contribution in [0, 0.1) is 0 Å². The number of nitrogens with one attached hydrogen (secondary N) is 2. The molecule has 1 aliphatic heterocycles. The van der Waals surface area contributed by atoms with Crippen molar-refractivity contribution in [3.8, 4) is 0 Å². The predicted octanol–water partition coefficient (Wildman–Crippen LogP) is -0.808. The minimum absolute atomic E-state index is 0.209. The van der Waals surface area contributed by atoms with Crippen molar-refractivity contribution in [2.24, 2.45) is 4.99 Å². The van der Waals surface area contributed by atoms with Gasteiger partial charge in [0.2, 0.25) is 0 Å². The molecule has 9 heteroatoms. The van der Waals surface area contributed by atoms with Gasteiger partial charge < -0.3 is 24.7 Å². The molecule has 19 heavy (non-hydrogen) atoms. The van der Waals surface area contributed by atoms with E-state index in [0.29, 0.717) is 0 Å². The van der Waals surface area contributed by atoms with Crippen LogP contribution in [-0.4, -0.2) is 48.2 Å². The van der Waals surface area contributed by atoms with Crippen molar-refractivity contribution in [1.82, 2.24) is 10.9 Å². The lowest BCUT2D eigenvalue weighted by molar-refractivity contribution is -0.282. The molecule has 0 bridgehead atoms. The molecule has 0 aromatic heterocycles. The van der Waals surface area contributed by atoms with Gasteiger partial charge in [0.1, 0.15) is 6.34 Å². The van der Waals surface area contributed by atoms with E-state index in [2.05, 4.69) is 15.8 Å². The highest BCUT2D eigenvalue weighted by atomic mass is 16.8. The molecular weight excluding hydrogens is 258 g/mol. The van der Waals surface area contributed by atoms with Crippen LogP contribution in [0.1, 0.15) is 20.8 Å². The molecule has 1 heterocycles. The number of carboxylic acid groups (broad SMARTS) is 1. The third-order valence-corrected chi connectivity index (χ3v) is 2.17. The first-order chi connectivity index (χ1) is 8.90. The first kappa shape index (κ1) is 15.3. The van der Waals surface area contributed by atoms with E-state index >= 15 is 0 Å². The number of rotatable bonds is 7. The zero-order valence-corrected chi connectivity index (χ0v) is 10.9. The molecule has 108 valence electrons. The van der Waals surface area contributed by atoms with E-state index < -0.39 is 30.2 Å². The van der Waals surface area contributed by atoms with Crippen molar-refractivity contribution in [2.75, 3.05) is 6.61 Å². The van der Waals surface area contributed by atoms with E-state index in [-0.39, 0.29) is 6.61 Å². The van der Waals surface area contributed by atoms with E-state index in [0.717, 1.165) is 0 Å². The molecular formula is C10H17N3O6. The Balaban J connectivity index is 2.69. The lowest BCUT2D eigenvalue weighted by Gasteiger charge is -2.29. The number of carbonyl (C=O) groups excluding carboxylic acids is 1. The van der Waals surface area contributed by atoms with Gasteiger partial charge in [-0.05, 0) is 20.8 Å². The lowest BCUT2D eigenvalue weighted by Crippen LogP contribution is -2.54. The Morgan fingerprint density at radius 3 is 2.47 bits per heavy atom. The SMILES string of the molecule is CCOC(=O)C(C)OC1(OC(C)C(=O)O)N=CNN1. The number of nitrogens with zero attached hydrogens (tertiary/aromatic N) is 1. The number of esters is 1. The second-order valence-corrected chi connectivity index (χ2v) is 3.72. The van der Waals surface area contributed by atoms with Gasteiger partial charge in [-0.1, -0.05) is 0 Å². The predicted molar refractivity (Wildman–Crippen MR) is 62.9 cm³/mol. The van der Waals surface area contributed by atoms with Crippen LogP contribution in [0.3, 0.4) is 0 Å². The summed E-state index contributed by atoms with van der Waals surface area (Å²) in [5.74, 6) is -1.78. The fraction of sp³-hybridized carbons (Fsp3) is 0.700. The molecule has 0 aromatic rings. The Kier molecular flexibility index (Phi) is 5.21. The van der Waals surface area contributed by atoms with Gasteiger partial charge in [-0.25, -0.2) is 9.59 Å². The maximum absolute atomic E-state index is 11.5. The van der Waals surface area contributed by atoms with Crippen LogP contribution >= 0.6 is 0 Å². The molecule has 0 radical (unpaired) electrons. The Morgan fingerprint density at radius 1 is 1.37 bits per heavy atom. The molecule has 0 saturated heterocycles. The van der Waals surface area contributed by atoms with E-state index in [1.54, 1.807) is 6.92 Å². The largest absolute Gasteiger partial charge is 0.479 e. The molecule has 3 N–H and O–H groups in total. The zero-order valence-electron chi connectivity index (χ0n) is 10.9. The summed E-state index contributed by atoms with van der Waals surface area (Å²) >= 11 is 0. The number of aliphatic imine (C=N–C) groups is 1. The second-order valence-electron chi connectivity index (χ2n) is 3.72. The minimum Gasteiger partial charge on any atom is -0.479 e. The normalized spacial score (nSPS) is 24.6. The number of carbonyl (C=O) groups is 2. The van der Waals surface area contributed by atoms with E-state index in [9.17, 15) is 9.59 Å². The standard InChI is InChI=1S/C10H17N3O6/c1-4-17-9(16)7(3)19-10(11-5-12-13-10)18-6(2)8(14)15/h5-7,13H,4H2,1-3H3,(H,11,12)(H,14,15). The molecule has 1 aliphatic rings. The summed E-state index contributed by atoms with van der Waals surface area (Å²) in [6.45, 7) is 4.64. The molecule has 0 saturated carbocycles. The smallest absolute Gasteiger partial charge is 0.355 e. The summed E-state index contributed by atoms with van der Waals surface area (Å²) in [4.78, 5) is 26.1. The number of hydrogen-bond donors (Lipinski definition) is 3. The average Bonchev–Trinajstić information content (AvgIpc) is 2.77. The van der Waals surface area contributed by atoms with Gasteiger partial charge in [-0.15, -0.1) is 0 Å². The molecule has 0 amide bonds. The molecule has 0 spiro atoms. The number of ether oxygens (including phenoxy) is 3. The fourth-order valence-electron chi connectivity index (χ4n) is 1.26. The van der Waals surface area contributed by atoms with Crippen LogP contribution in [0.25, 0.3) is 0 Å². The van der Waals surface area contributed by atoms with E-state index in [1.165, 1.54) is 20.2 Å². The van der Waals surface area contributed by atoms with Crippen LogP contribution in [0.4, 0.5) is 0 Å². The quantitative estimate of drug-likeness (QED) is 0.408. The van der Waals surface area contributed by atoms with Crippen molar-refractivity contribution >= 4 is 18.3 Å². The Labute approximate surface area is 109 Å². The van der Waals surface area contributed by atoms with Crippen LogP contribution in [-0.2, 0) is 23.8 Å². The summed E-state index contributed by atoms with van der Waals surface area (Å²) < 4.78 is 15.2. The minimum atomic E-state index is -1.77. The van der Waals surface area contributed by atoms with E-state index in [1.807, 2.05) is 0 Å². The van der Waals surface area contributed by atoms with Crippen LogP contribution in [0.15, 0.2) is 4.99 Å². The summed E-state index contributed by atoms with van der Waals surface area (Å²) in [6.07, 6.45) is -0.934. The first-order valence-electron chi connectivity index (χ1n) is 5.71. The zero-order chi connectivity index (χ0) is 14.5. The third-order valence-electron chi connectivity index (χ3n) is 2.17. The summed E-state index contributed by atoms with van der Waals surface area (Å²) in [5.41, 5.74) is 4.99. The van der Waals surface area contributed by atoms with Crippen molar-refractivity contribution in [1.29, 1.82) is 0 Å². The molecule has 1 rings (SSSR count). The topological polar surface area (TPSA) is 118 Å². The second kappa shape index (κ2) is 6.45. The average molecular weight is 275 g/mol. The van der Waals surface area contributed by atoms with Gasteiger partial charge in [0.15, 0.2) is 12.2 Å². The van der Waals surface area contributed by atoms with Gasteiger partial charge in [0.25, 0.3) is 0 Å². The molecule has 3 atom stereocenters. The number of hydrazine groups is 1. The summed E-state index contributed by atoms with van der Waals surface area (Å²) in [5, 5.41) is 8.81. The highest BCUT2D eigenvalue weighted by Crippen LogP contribution is 2.18.